The number of carbonyl (C=O) groups excluding carboxylic acids is 2. The minimum absolute atomic E-state index is 0.0439. The van der Waals surface area contributed by atoms with E-state index in [0.717, 1.165) is 17.7 Å². The highest BCUT2D eigenvalue weighted by molar-refractivity contribution is 5.99. The van der Waals surface area contributed by atoms with E-state index in [0.29, 0.717) is 22.3 Å². The van der Waals surface area contributed by atoms with Crippen molar-refractivity contribution in [2.75, 3.05) is 0 Å². The maximum absolute atomic E-state index is 11.8. The van der Waals surface area contributed by atoms with Crippen molar-refractivity contribution >= 4 is 22.7 Å². The number of hydrogen-bond donors (Lipinski definition) is 0. The van der Waals surface area contributed by atoms with Gasteiger partial charge in [-0.05, 0) is 25.1 Å². The fourth-order valence-corrected chi connectivity index (χ4v) is 2.63. The lowest BCUT2D eigenvalue weighted by Crippen LogP contribution is -2.09. The maximum Gasteiger partial charge on any atom is 0.335 e. The van der Waals surface area contributed by atoms with Crippen LogP contribution in [0.2, 0.25) is 0 Å². The van der Waals surface area contributed by atoms with Crippen molar-refractivity contribution in [2.24, 2.45) is 0 Å². The lowest BCUT2D eigenvalue weighted by molar-refractivity contribution is -0.131. The van der Waals surface area contributed by atoms with Gasteiger partial charge in [-0.25, -0.2) is 9.59 Å². The summed E-state index contributed by atoms with van der Waals surface area (Å²) in [6.45, 7) is 8.74. The van der Waals surface area contributed by atoms with E-state index in [1.807, 2.05) is 49.4 Å². The third-order valence-electron chi connectivity index (χ3n) is 3.89. The van der Waals surface area contributed by atoms with Gasteiger partial charge in [0.25, 0.3) is 0 Å². The van der Waals surface area contributed by atoms with Gasteiger partial charge in [-0.1, -0.05) is 49.1 Å². The second kappa shape index (κ2) is 8.22. The number of esters is 2. The van der Waals surface area contributed by atoms with Crippen LogP contribution in [0.15, 0.2) is 79.9 Å². The molecule has 5 nitrogen and oxygen atoms in total. The average molecular weight is 374 g/mol. The molecule has 0 unspecified atom stereocenters. The summed E-state index contributed by atoms with van der Waals surface area (Å²) in [6, 6.07) is 16.2. The predicted molar refractivity (Wildman–Crippen MR) is 107 cm³/mol. The quantitative estimate of drug-likeness (QED) is 0.340. The Kier molecular flexibility index (Phi) is 5.56. The first-order chi connectivity index (χ1) is 13.5. The molecule has 0 atom stereocenters. The topological polar surface area (TPSA) is 61.8 Å². The molecule has 0 aliphatic heterocycles. The third-order valence-corrected chi connectivity index (χ3v) is 3.89. The van der Waals surface area contributed by atoms with Gasteiger partial charge in [0.2, 0.25) is 0 Å². The number of aryl methyl sites for hydroxylation is 1. The fraction of sp³-hybridized carbons (Fsp3) is 0.0435. The largest absolute Gasteiger partial charge is 0.457 e. The minimum Gasteiger partial charge on any atom is -0.457 e. The van der Waals surface area contributed by atoms with Gasteiger partial charge in [0.1, 0.15) is 11.5 Å². The SMILES string of the molecule is C=CC(=O)Oc1cc(Oc2ccccc2)c2cc(C)ccc2c1OC(=O)C=C. The molecule has 3 rings (SSSR count). The molecule has 0 spiro atoms. The van der Waals surface area contributed by atoms with Crippen LogP contribution in [0.25, 0.3) is 10.8 Å². The standard InChI is InChI=1S/C23H18O5/c1-4-21(24)27-20-14-19(26-16-9-7-6-8-10-16)18-13-15(3)11-12-17(18)23(20)28-22(25)5-2/h4-14H,1-2H2,3H3. The molecule has 0 heterocycles. The van der Waals surface area contributed by atoms with E-state index < -0.39 is 11.9 Å². The molecule has 0 saturated carbocycles. The highest BCUT2D eigenvalue weighted by atomic mass is 16.6. The van der Waals surface area contributed by atoms with Crippen LogP contribution in [-0.2, 0) is 9.59 Å². The van der Waals surface area contributed by atoms with Gasteiger partial charge in [0.15, 0.2) is 11.5 Å². The maximum atomic E-state index is 11.8. The van der Waals surface area contributed by atoms with Gasteiger partial charge < -0.3 is 14.2 Å². The van der Waals surface area contributed by atoms with Crippen LogP contribution in [0.1, 0.15) is 5.56 Å². The Balaban J connectivity index is 2.23. The molecular formula is C23H18O5. The summed E-state index contributed by atoms with van der Waals surface area (Å²) in [6.07, 6.45) is 2.06. The van der Waals surface area contributed by atoms with Crippen LogP contribution in [0, 0.1) is 6.92 Å². The number of hydrogen-bond acceptors (Lipinski definition) is 5. The summed E-state index contributed by atoms with van der Waals surface area (Å²) in [5.74, 6) is -0.141. The summed E-state index contributed by atoms with van der Waals surface area (Å²) < 4.78 is 16.7. The van der Waals surface area contributed by atoms with Crippen molar-refractivity contribution in [3.63, 3.8) is 0 Å². The van der Waals surface area contributed by atoms with E-state index in [9.17, 15) is 9.59 Å². The molecule has 0 radical (unpaired) electrons. The lowest BCUT2D eigenvalue weighted by Gasteiger charge is -2.16. The van der Waals surface area contributed by atoms with Crippen molar-refractivity contribution in [3.8, 4) is 23.0 Å². The van der Waals surface area contributed by atoms with E-state index in [4.69, 9.17) is 14.2 Å². The van der Waals surface area contributed by atoms with Crippen molar-refractivity contribution in [2.45, 2.75) is 6.92 Å². The van der Waals surface area contributed by atoms with Crippen molar-refractivity contribution in [1.29, 1.82) is 0 Å². The molecule has 0 saturated heterocycles. The smallest absolute Gasteiger partial charge is 0.335 e. The Morgan fingerprint density at radius 3 is 2.18 bits per heavy atom. The van der Waals surface area contributed by atoms with Gasteiger partial charge in [0.05, 0.1) is 0 Å². The number of ether oxygens (including phenoxy) is 3. The van der Waals surface area contributed by atoms with E-state index in [1.54, 1.807) is 6.07 Å². The monoisotopic (exact) mass is 374 g/mol. The zero-order valence-corrected chi connectivity index (χ0v) is 15.3. The molecule has 0 amide bonds. The van der Waals surface area contributed by atoms with Crippen LogP contribution >= 0.6 is 0 Å². The molecule has 140 valence electrons. The zero-order chi connectivity index (χ0) is 20.1. The van der Waals surface area contributed by atoms with Gasteiger partial charge in [-0.3, -0.25) is 0 Å². The molecule has 0 aliphatic rings. The number of carbonyl (C=O) groups is 2. The average Bonchev–Trinajstić information content (AvgIpc) is 2.71. The Morgan fingerprint density at radius 1 is 0.821 bits per heavy atom. The Bertz CT molecular complexity index is 1070. The second-order valence-corrected chi connectivity index (χ2v) is 5.92. The van der Waals surface area contributed by atoms with Crippen LogP contribution in [0.5, 0.6) is 23.0 Å². The predicted octanol–water partition coefficient (Wildman–Crippen LogP) is 5.12. The molecule has 0 aliphatic carbocycles. The van der Waals surface area contributed by atoms with E-state index in [2.05, 4.69) is 13.2 Å². The molecule has 0 fully saturated rings. The zero-order valence-electron chi connectivity index (χ0n) is 15.3. The van der Waals surface area contributed by atoms with E-state index in [1.165, 1.54) is 6.07 Å². The lowest BCUT2D eigenvalue weighted by atomic mass is 10.0. The third kappa shape index (κ3) is 4.10. The van der Waals surface area contributed by atoms with E-state index in [-0.39, 0.29) is 11.5 Å². The number of para-hydroxylation sites is 1. The Hall–Kier alpha value is -3.86. The molecule has 5 heteroatoms. The van der Waals surface area contributed by atoms with Crippen LogP contribution in [-0.4, -0.2) is 11.9 Å². The summed E-state index contributed by atoms with van der Waals surface area (Å²) in [5.41, 5.74) is 0.988. The van der Waals surface area contributed by atoms with Crippen LogP contribution < -0.4 is 14.2 Å². The Labute approximate surface area is 162 Å². The van der Waals surface area contributed by atoms with Crippen molar-refractivity contribution in [1.82, 2.24) is 0 Å². The first kappa shape index (κ1) is 18.9. The highest BCUT2D eigenvalue weighted by Gasteiger charge is 2.20. The van der Waals surface area contributed by atoms with Gasteiger partial charge in [-0.15, -0.1) is 0 Å². The number of fused-ring (bicyclic) bond motifs is 1. The number of benzene rings is 3. The minimum atomic E-state index is -0.687. The summed E-state index contributed by atoms with van der Waals surface area (Å²) in [5, 5.41) is 1.26. The summed E-state index contributed by atoms with van der Waals surface area (Å²) in [7, 11) is 0. The molecule has 0 N–H and O–H groups in total. The van der Waals surface area contributed by atoms with Gasteiger partial charge in [0, 0.05) is 29.0 Å². The molecule has 0 aromatic heterocycles. The Morgan fingerprint density at radius 2 is 1.50 bits per heavy atom. The normalized spacial score (nSPS) is 10.2. The van der Waals surface area contributed by atoms with Crippen LogP contribution in [0.3, 0.4) is 0 Å². The first-order valence-corrected chi connectivity index (χ1v) is 8.50. The van der Waals surface area contributed by atoms with Gasteiger partial charge in [-0.2, -0.15) is 0 Å². The molecule has 3 aromatic rings. The molecule has 28 heavy (non-hydrogen) atoms. The summed E-state index contributed by atoms with van der Waals surface area (Å²) in [4.78, 5) is 23.6. The molecule has 0 bridgehead atoms. The van der Waals surface area contributed by atoms with Crippen LogP contribution in [0.4, 0.5) is 0 Å². The first-order valence-electron chi connectivity index (χ1n) is 8.50. The summed E-state index contributed by atoms with van der Waals surface area (Å²) >= 11 is 0. The number of rotatable bonds is 6. The van der Waals surface area contributed by atoms with Crippen molar-refractivity contribution < 1.29 is 23.8 Å². The van der Waals surface area contributed by atoms with Crippen molar-refractivity contribution in [3.05, 3.63) is 85.5 Å². The van der Waals surface area contributed by atoms with Gasteiger partial charge >= 0.3 is 11.9 Å². The highest BCUT2D eigenvalue weighted by Crippen LogP contribution is 2.43. The molecular weight excluding hydrogens is 356 g/mol. The second-order valence-electron chi connectivity index (χ2n) is 5.92. The molecule has 3 aromatic carbocycles. The van der Waals surface area contributed by atoms with E-state index >= 15 is 0 Å². The fourth-order valence-electron chi connectivity index (χ4n) is 2.63.